The van der Waals surface area contributed by atoms with Crippen molar-refractivity contribution >= 4 is 11.8 Å². The van der Waals surface area contributed by atoms with Crippen molar-refractivity contribution in [3.8, 4) is 0 Å². The minimum absolute atomic E-state index is 0.309. The Kier molecular flexibility index (Phi) is 9.50. The number of benzene rings is 2. The summed E-state index contributed by atoms with van der Waals surface area (Å²) in [7, 11) is 0. The van der Waals surface area contributed by atoms with Gasteiger partial charge in [0.1, 0.15) is 0 Å². The lowest BCUT2D eigenvalue weighted by atomic mass is 9.88. The van der Waals surface area contributed by atoms with E-state index in [4.69, 9.17) is 5.73 Å². The largest absolute Gasteiger partial charge is 0.346 e. The van der Waals surface area contributed by atoms with Gasteiger partial charge in [0.25, 0.3) is 0 Å². The summed E-state index contributed by atoms with van der Waals surface area (Å²) in [6, 6.07) is 18.7. The quantitative estimate of drug-likeness (QED) is 0.494. The molecule has 0 saturated carbocycles. The average Bonchev–Trinajstić information content (AvgIpc) is 3.17. The smallest absolute Gasteiger partial charge is 0.309 e. The van der Waals surface area contributed by atoms with Gasteiger partial charge in [0.15, 0.2) is 0 Å². The molecule has 2 fully saturated rings. The summed E-state index contributed by atoms with van der Waals surface area (Å²) in [4.78, 5) is 29.6. The highest BCUT2D eigenvalue weighted by molar-refractivity contribution is 6.35. The van der Waals surface area contributed by atoms with Crippen molar-refractivity contribution < 1.29 is 9.59 Å². The molecule has 7 nitrogen and oxygen atoms in total. The second-order valence-corrected chi connectivity index (χ2v) is 10.5. The number of carbonyl (C=O) groups is 2. The van der Waals surface area contributed by atoms with E-state index in [1.54, 1.807) is 0 Å². The number of piperidine rings is 1. The van der Waals surface area contributed by atoms with Gasteiger partial charge < -0.3 is 16.4 Å². The number of amides is 2. The van der Waals surface area contributed by atoms with Crippen molar-refractivity contribution in [3.05, 3.63) is 71.3 Å². The first-order valence-corrected chi connectivity index (χ1v) is 13.4. The molecule has 0 unspecified atom stereocenters. The molecule has 2 aromatic carbocycles. The van der Waals surface area contributed by atoms with Crippen LogP contribution in [0.3, 0.4) is 0 Å². The summed E-state index contributed by atoms with van der Waals surface area (Å²) >= 11 is 0. The molecule has 7 heteroatoms. The first-order valence-electron chi connectivity index (χ1n) is 13.4. The standard InChI is InChI=1S/C29H41N5O2/c30-29(14-18-34(19-15-29)21-25-8-4-3-5-9-25)23-32-28(36)27(35)31-20-24-10-12-26(13-11-24)22-33-16-6-1-2-7-17-33/h3-5,8-13H,1-2,6-7,14-23,30H2,(H,31,35)(H,32,36). The first-order chi connectivity index (χ1) is 17.5. The lowest BCUT2D eigenvalue weighted by Crippen LogP contribution is -2.57. The van der Waals surface area contributed by atoms with Gasteiger partial charge in [-0.3, -0.25) is 19.4 Å². The maximum Gasteiger partial charge on any atom is 0.309 e. The summed E-state index contributed by atoms with van der Waals surface area (Å²) in [6.45, 7) is 6.61. The highest BCUT2D eigenvalue weighted by Gasteiger charge is 2.31. The topological polar surface area (TPSA) is 90.7 Å². The number of hydrogen-bond acceptors (Lipinski definition) is 5. The van der Waals surface area contributed by atoms with Crippen molar-refractivity contribution in [3.63, 3.8) is 0 Å². The van der Waals surface area contributed by atoms with E-state index in [0.29, 0.717) is 13.1 Å². The Hall–Kier alpha value is -2.74. The van der Waals surface area contributed by atoms with Crippen LogP contribution in [0.1, 0.15) is 55.2 Å². The third-order valence-electron chi connectivity index (χ3n) is 7.49. The fraction of sp³-hybridized carbons (Fsp3) is 0.517. The fourth-order valence-corrected chi connectivity index (χ4v) is 5.09. The molecule has 2 aliphatic heterocycles. The Balaban J connectivity index is 1.14. The highest BCUT2D eigenvalue weighted by Crippen LogP contribution is 2.20. The number of nitrogens with zero attached hydrogens (tertiary/aromatic N) is 2. The summed E-state index contributed by atoms with van der Waals surface area (Å²) in [5.41, 5.74) is 9.62. The minimum atomic E-state index is -0.621. The number of nitrogens with two attached hydrogens (primary N) is 1. The van der Waals surface area contributed by atoms with Gasteiger partial charge in [-0.15, -0.1) is 0 Å². The Bertz CT molecular complexity index is 963. The first kappa shape index (κ1) is 26.3. The zero-order valence-electron chi connectivity index (χ0n) is 21.4. The van der Waals surface area contributed by atoms with Crippen LogP contribution in [0.4, 0.5) is 0 Å². The molecule has 194 valence electrons. The van der Waals surface area contributed by atoms with Crippen molar-refractivity contribution in [1.82, 2.24) is 20.4 Å². The second-order valence-electron chi connectivity index (χ2n) is 10.5. The normalized spacial score (nSPS) is 18.8. The number of hydrogen-bond donors (Lipinski definition) is 3. The van der Waals surface area contributed by atoms with Crippen LogP contribution >= 0.6 is 0 Å². The van der Waals surface area contributed by atoms with Crippen molar-refractivity contribution in [1.29, 1.82) is 0 Å². The van der Waals surface area contributed by atoms with Gasteiger partial charge in [-0.05, 0) is 55.5 Å². The Labute approximate surface area is 215 Å². The Morgan fingerprint density at radius 3 is 1.86 bits per heavy atom. The third-order valence-corrected chi connectivity index (χ3v) is 7.49. The molecule has 0 radical (unpaired) electrons. The van der Waals surface area contributed by atoms with E-state index in [0.717, 1.165) is 44.6 Å². The molecule has 4 rings (SSSR count). The van der Waals surface area contributed by atoms with E-state index in [1.165, 1.54) is 49.9 Å². The van der Waals surface area contributed by atoms with Crippen LogP contribution in [0.5, 0.6) is 0 Å². The van der Waals surface area contributed by atoms with Crippen LogP contribution in [0, 0.1) is 0 Å². The van der Waals surface area contributed by atoms with E-state index in [1.807, 2.05) is 18.2 Å². The van der Waals surface area contributed by atoms with Gasteiger partial charge in [-0.2, -0.15) is 0 Å². The van der Waals surface area contributed by atoms with Gasteiger partial charge in [0, 0.05) is 44.8 Å². The zero-order valence-corrected chi connectivity index (χ0v) is 21.4. The molecular formula is C29H41N5O2. The molecule has 2 amide bonds. The molecular weight excluding hydrogens is 450 g/mol. The van der Waals surface area contributed by atoms with E-state index in [2.05, 4.69) is 56.8 Å². The van der Waals surface area contributed by atoms with Crippen molar-refractivity contribution in [2.24, 2.45) is 5.73 Å². The molecule has 0 spiro atoms. The molecule has 0 aliphatic carbocycles. The third kappa shape index (κ3) is 8.15. The molecule has 0 aromatic heterocycles. The fourth-order valence-electron chi connectivity index (χ4n) is 5.09. The van der Waals surface area contributed by atoms with E-state index < -0.39 is 17.4 Å². The lowest BCUT2D eigenvalue weighted by molar-refractivity contribution is -0.139. The molecule has 2 saturated heterocycles. The molecule has 2 aliphatic rings. The predicted octanol–water partition coefficient (Wildman–Crippen LogP) is 2.79. The summed E-state index contributed by atoms with van der Waals surface area (Å²) in [6.07, 6.45) is 6.80. The van der Waals surface area contributed by atoms with Crippen LogP contribution < -0.4 is 16.4 Å². The van der Waals surface area contributed by atoms with Crippen molar-refractivity contribution in [2.45, 2.75) is 63.7 Å². The van der Waals surface area contributed by atoms with E-state index >= 15 is 0 Å². The van der Waals surface area contributed by atoms with E-state index in [-0.39, 0.29) is 0 Å². The molecule has 4 N–H and O–H groups in total. The maximum atomic E-state index is 12.4. The van der Waals surface area contributed by atoms with Gasteiger partial charge >= 0.3 is 11.8 Å². The van der Waals surface area contributed by atoms with Gasteiger partial charge in [-0.25, -0.2) is 0 Å². The SMILES string of the molecule is NC1(CNC(=O)C(=O)NCc2ccc(CN3CCCCCC3)cc2)CCN(Cc2ccccc2)CC1. The number of likely N-dealkylation sites (tertiary alicyclic amines) is 2. The van der Waals surface area contributed by atoms with Crippen LogP contribution in [-0.4, -0.2) is 59.9 Å². The number of rotatable bonds is 8. The molecule has 0 bridgehead atoms. The Morgan fingerprint density at radius 1 is 0.694 bits per heavy atom. The molecule has 2 aromatic rings. The van der Waals surface area contributed by atoms with Gasteiger partial charge in [0.2, 0.25) is 0 Å². The summed E-state index contributed by atoms with van der Waals surface area (Å²) in [5, 5.41) is 5.49. The average molecular weight is 492 g/mol. The maximum absolute atomic E-state index is 12.4. The Morgan fingerprint density at radius 2 is 1.22 bits per heavy atom. The second kappa shape index (κ2) is 13.0. The van der Waals surface area contributed by atoms with Crippen LogP contribution in [0.15, 0.2) is 54.6 Å². The predicted molar refractivity (Wildman–Crippen MR) is 143 cm³/mol. The lowest BCUT2D eigenvalue weighted by Gasteiger charge is -2.39. The highest BCUT2D eigenvalue weighted by atomic mass is 16.2. The summed E-state index contributed by atoms with van der Waals surface area (Å²) < 4.78 is 0. The minimum Gasteiger partial charge on any atom is -0.346 e. The van der Waals surface area contributed by atoms with Crippen molar-refractivity contribution in [2.75, 3.05) is 32.7 Å². The molecule has 36 heavy (non-hydrogen) atoms. The van der Waals surface area contributed by atoms with Crippen LogP contribution in [-0.2, 0) is 29.2 Å². The van der Waals surface area contributed by atoms with Crippen LogP contribution in [0.25, 0.3) is 0 Å². The van der Waals surface area contributed by atoms with Gasteiger partial charge in [-0.1, -0.05) is 67.4 Å². The van der Waals surface area contributed by atoms with Crippen LogP contribution in [0.2, 0.25) is 0 Å². The summed E-state index contributed by atoms with van der Waals surface area (Å²) in [5.74, 6) is -1.24. The van der Waals surface area contributed by atoms with E-state index in [9.17, 15) is 9.59 Å². The molecule has 2 heterocycles. The zero-order chi connectivity index (χ0) is 25.2. The number of nitrogens with one attached hydrogen (secondary N) is 2. The molecule has 0 atom stereocenters. The van der Waals surface area contributed by atoms with Gasteiger partial charge in [0.05, 0.1) is 0 Å². The monoisotopic (exact) mass is 491 g/mol. The number of carbonyl (C=O) groups excluding carboxylic acids is 2.